The minimum Gasteiger partial charge on any atom is -0.444 e. The molecule has 0 aliphatic carbocycles. The third kappa shape index (κ3) is 3.11. The number of hydrogen-bond acceptors (Lipinski definition) is 3. The fraction of sp³-hybridized carbons (Fsp3) is 0.917. The number of rotatable bonds is 2. The van der Waals surface area contributed by atoms with Gasteiger partial charge in [0.1, 0.15) is 5.60 Å². The largest absolute Gasteiger partial charge is 0.444 e. The van der Waals surface area contributed by atoms with Gasteiger partial charge < -0.3 is 15.0 Å². The van der Waals surface area contributed by atoms with E-state index in [0.717, 1.165) is 25.9 Å². The molecule has 1 aliphatic heterocycles. The Balaban J connectivity index is 2.68. The molecule has 1 fully saturated rings. The topological polar surface area (TPSA) is 41.6 Å². The van der Waals surface area contributed by atoms with Crippen molar-refractivity contribution in [2.24, 2.45) is 0 Å². The van der Waals surface area contributed by atoms with Gasteiger partial charge in [0.15, 0.2) is 0 Å². The first-order valence-corrected chi connectivity index (χ1v) is 5.94. The van der Waals surface area contributed by atoms with Gasteiger partial charge in [-0.3, -0.25) is 0 Å². The van der Waals surface area contributed by atoms with Crippen molar-refractivity contribution in [3.8, 4) is 0 Å². The van der Waals surface area contributed by atoms with E-state index < -0.39 is 5.60 Å². The van der Waals surface area contributed by atoms with E-state index in [-0.39, 0.29) is 11.6 Å². The van der Waals surface area contributed by atoms with Crippen LogP contribution < -0.4 is 5.32 Å². The minimum absolute atomic E-state index is 0.100. The predicted octanol–water partition coefficient (Wildman–Crippen LogP) is 2.00. The second-order valence-electron chi connectivity index (χ2n) is 5.76. The Hall–Kier alpha value is -0.770. The highest BCUT2D eigenvalue weighted by Crippen LogP contribution is 2.29. The molecule has 1 saturated heterocycles. The first-order chi connectivity index (χ1) is 7.28. The van der Waals surface area contributed by atoms with Crippen molar-refractivity contribution in [3.63, 3.8) is 0 Å². The van der Waals surface area contributed by atoms with Gasteiger partial charge in [-0.15, -0.1) is 0 Å². The zero-order valence-corrected chi connectivity index (χ0v) is 11.1. The SMILES string of the molecule is CNC[C@@]1(C)CCCN1C(=O)OC(C)(C)C. The smallest absolute Gasteiger partial charge is 0.410 e. The van der Waals surface area contributed by atoms with Crippen LogP contribution in [0.5, 0.6) is 0 Å². The Labute approximate surface area is 98.3 Å². The lowest BCUT2D eigenvalue weighted by Gasteiger charge is -2.36. The Bertz CT molecular complexity index is 260. The van der Waals surface area contributed by atoms with Crippen molar-refractivity contribution in [1.82, 2.24) is 10.2 Å². The van der Waals surface area contributed by atoms with Crippen LogP contribution in [-0.4, -0.2) is 42.3 Å². The van der Waals surface area contributed by atoms with Gasteiger partial charge >= 0.3 is 6.09 Å². The Morgan fingerprint density at radius 1 is 1.50 bits per heavy atom. The summed E-state index contributed by atoms with van der Waals surface area (Å²) in [6, 6.07) is 0. The Kier molecular flexibility index (Phi) is 3.84. The summed E-state index contributed by atoms with van der Waals surface area (Å²) in [5, 5.41) is 3.15. The molecule has 94 valence electrons. The molecule has 1 heterocycles. The fourth-order valence-electron chi connectivity index (χ4n) is 2.22. The molecule has 0 spiro atoms. The number of amides is 1. The molecule has 4 heteroatoms. The maximum absolute atomic E-state index is 12.0. The first kappa shape index (κ1) is 13.3. The molecule has 4 nitrogen and oxygen atoms in total. The van der Waals surface area contributed by atoms with E-state index in [9.17, 15) is 4.79 Å². The summed E-state index contributed by atoms with van der Waals surface area (Å²) >= 11 is 0. The molecule has 1 amide bonds. The molecule has 0 unspecified atom stereocenters. The third-order valence-corrected chi connectivity index (χ3v) is 2.92. The van der Waals surface area contributed by atoms with Gasteiger partial charge in [-0.1, -0.05) is 0 Å². The van der Waals surface area contributed by atoms with E-state index in [1.807, 2.05) is 32.7 Å². The van der Waals surface area contributed by atoms with Gasteiger partial charge in [0.05, 0.1) is 5.54 Å². The van der Waals surface area contributed by atoms with Crippen molar-refractivity contribution in [2.75, 3.05) is 20.1 Å². The first-order valence-electron chi connectivity index (χ1n) is 5.94. The second kappa shape index (κ2) is 4.62. The van der Waals surface area contributed by atoms with Crippen LogP contribution in [0.25, 0.3) is 0 Å². The lowest BCUT2D eigenvalue weighted by molar-refractivity contribution is 0.0110. The van der Waals surface area contributed by atoms with Crippen LogP contribution in [0.15, 0.2) is 0 Å². The van der Waals surface area contributed by atoms with E-state index in [2.05, 4.69) is 12.2 Å². The molecular weight excluding hydrogens is 204 g/mol. The molecule has 0 aromatic carbocycles. The summed E-state index contributed by atoms with van der Waals surface area (Å²) in [5.74, 6) is 0. The summed E-state index contributed by atoms with van der Waals surface area (Å²) in [5.41, 5.74) is -0.517. The second-order valence-corrected chi connectivity index (χ2v) is 5.76. The zero-order valence-electron chi connectivity index (χ0n) is 11.1. The molecule has 0 saturated carbocycles. The average molecular weight is 228 g/mol. The van der Waals surface area contributed by atoms with Crippen LogP contribution >= 0.6 is 0 Å². The van der Waals surface area contributed by atoms with E-state index in [0.29, 0.717) is 0 Å². The number of carbonyl (C=O) groups excluding carboxylic acids is 1. The Morgan fingerprint density at radius 3 is 2.62 bits per heavy atom. The van der Waals surface area contributed by atoms with Crippen molar-refractivity contribution in [2.45, 2.75) is 51.7 Å². The number of ether oxygens (including phenoxy) is 1. The molecule has 0 aromatic heterocycles. The van der Waals surface area contributed by atoms with Crippen LogP contribution in [0.3, 0.4) is 0 Å². The zero-order chi connectivity index (χ0) is 12.4. The number of nitrogens with zero attached hydrogens (tertiary/aromatic N) is 1. The van der Waals surface area contributed by atoms with Gasteiger partial charge in [-0.25, -0.2) is 4.79 Å². The Morgan fingerprint density at radius 2 is 2.12 bits per heavy atom. The lowest BCUT2D eigenvalue weighted by Crippen LogP contribution is -2.52. The van der Waals surface area contributed by atoms with Crippen molar-refractivity contribution in [3.05, 3.63) is 0 Å². The lowest BCUT2D eigenvalue weighted by atomic mass is 9.99. The molecule has 0 radical (unpaired) electrons. The van der Waals surface area contributed by atoms with Crippen LogP contribution in [0, 0.1) is 0 Å². The molecule has 16 heavy (non-hydrogen) atoms. The summed E-state index contributed by atoms with van der Waals surface area (Å²) in [6.07, 6.45) is 1.90. The number of nitrogens with one attached hydrogen (secondary N) is 1. The van der Waals surface area contributed by atoms with Crippen LogP contribution in [0.4, 0.5) is 4.79 Å². The minimum atomic E-state index is -0.416. The predicted molar refractivity (Wildman–Crippen MR) is 64.5 cm³/mol. The van der Waals surface area contributed by atoms with Crippen molar-refractivity contribution >= 4 is 6.09 Å². The molecular formula is C12H24N2O2. The van der Waals surface area contributed by atoms with Gasteiger partial charge in [0, 0.05) is 13.1 Å². The van der Waals surface area contributed by atoms with Crippen LogP contribution in [0.2, 0.25) is 0 Å². The molecule has 0 aromatic rings. The van der Waals surface area contributed by atoms with Crippen molar-refractivity contribution < 1.29 is 9.53 Å². The highest BCUT2D eigenvalue weighted by molar-refractivity contribution is 5.69. The summed E-state index contributed by atoms with van der Waals surface area (Å²) in [4.78, 5) is 13.9. The van der Waals surface area contributed by atoms with Gasteiger partial charge in [-0.2, -0.15) is 0 Å². The monoisotopic (exact) mass is 228 g/mol. The van der Waals surface area contributed by atoms with E-state index in [1.54, 1.807) is 0 Å². The fourth-order valence-corrected chi connectivity index (χ4v) is 2.22. The van der Waals surface area contributed by atoms with E-state index in [1.165, 1.54) is 0 Å². The van der Waals surface area contributed by atoms with E-state index >= 15 is 0 Å². The van der Waals surface area contributed by atoms with Gasteiger partial charge in [0.2, 0.25) is 0 Å². The summed E-state index contributed by atoms with van der Waals surface area (Å²) in [7, 11) is 1.91. The summed E-state index contributed by atoms with van der Waals surface area (Å²) in [6.45, 7) is 9.42. The normalized spacial score (nSPS) is 25.9. The maximum Gasteiger partial charge on any atom is 0.410 e. The van der Waals surface area contributed by atoms with Crippen LogP contribution in [-0.2, 0) is 4.74 Å². The van der Waals surface area contributed by atoms with E-state index in [4.69, 9.17) is 4.74 Å². The highest BCUT2D eigenvalue weighted by Gasteiger charge is 2.40. The number of hydrogen-bond donors (Lipinski definition) is 1. The number of likely N-dealkylation sites (N-methyl/N-ethyl adjacent to an activating group) is 1. The maximum atomic E-state index is 12.0. The van der Waals surface area contributed by atoms with Crippen LogP contribution in [0.1, 0.15) is 40.5 Å². The standard InChI is InChI=1S/C12H24N2O2/c1-11(2,3)16-10(15)14-8-6-7-12(14,4)9-13-5/h13H,6-9H2,1-5H3/t12-/m1/s1. The number of carbonyl (C=O) groups is 1. The highest BCUT2D eigenvalue weighted by atomic mass is 16.6. The number of likely N-dealkylation sites (tertiary alicyclic amines) is 1. The molecule has 1 atom stereocenters. The van der Waals surface area contributed by atoms with Crippen molar-refractivity contribution in [1.29, 1.82) is 0 Å². The van der Waals surface area contributed by atoms with Gasteiger partial charge in [0.25, 0.3) is 0 Å². The quantitative estimate of drug-likeness (QED) is 0.786. The molecule has 1 N–H and O–H groups in total. The third-order valence-electron chi connectivity index (χ3n) is 2.92. The molecule has 1 rings (SSSR count). The molecule has 0 bridgehead atoms. The summed E-state index contributed by atoms with van der Waals surface area (Å²) < 4.78 is 5.42. The van der Waals surface area contributed by atoms with Gasteiger partial charge in [-0.05, 0) is 47.6 Å². The average Bonchev–Trinajstić information content (AvgIpc) is 2.44. The molecule has 1 aliphatic rings.